The maximum atomic E-state index is 12.3. The summed E-state index contributed by atoms with van der Waals surface area (Å²) in [5, 5.41) is 3.25. The van der Waals surface area contributed by atoms with Gasteiger partial charge in [0, 0.05) is 8.95 Å². The van der Waals surface area contributed by atoms with Gasteiger partial charge in [-0.1, -0.05) is 27.5 Å². The highest BCUT2D eigenvalue weighted by Crippen LogP contribution is 2.28. The first-order valence-electron chi connectivity index (χ1n) is 5.61. The quantitative estimate of drug-likeness (QED) is 0.749. The average molecular weight is 420 g/mol. The van der Waals surface area contributed by atoms with Gasteiger partial charge in [-0.2, -0.15) is 0 Å². The Morgan fingerprint density at radius 3 is 2.65 bits per heavy atom. The van der Waals surface area contributed by atoms with Crippen LogP contribution in [0.25, 0.3) is 0 Å². The highest BCUT2D eigenvalue weighted by atomic mass is 79.9. The topological polar surface area (TPSA) is 38.3 Å². The first-order valence-corrected chi connectivity index (χ1v) is 7.57. The van der Waals surface area contributed by atoms with Crippen molar-refractivity contribution in [2.24, 2.45) is 0 Å². The molecule has 0 aliphatic heterocycles. The van der Waals surface area contributed by atoms with Crippen molar-refractivity contribution >= 4 is 55.1 Å². The first-order chi connectivity index (χ1) is 9.51. The van der Waals surface area contributed by atoms with E-state index in [9.17, 15) is 4.79 Å². The smallest absolute Gasteiger partial charge is 0.256 e. The van der Waals surface area contributed by atoms with Crippen molar-refractivity contribution in [1.82, 2.24) is 0 Å². The minimum atomic E-state index is -0.268. The number of rotatable bonds is 3. The summed E-state index contributed by atoms with van der Waals surface area (Å²) in [6, 6.07) is 10.4. The molecule has 2 aromatic rings. The average Bonchev–Trinajstić information content (AvgIpc) is 2.43. The Hall–Kier alpha value is -1.04. The van der Waals surface area contributed by atoms with Crippen molar-refractivity contribution in [3.05, 3.63) is 55.9 Å². The Morgan fingerprint density at radius 1 is 1.20 bits per heavy atom. The van der Waals surface area contributed by atoms with Gasteiger partial charge in [-0.3, -0.25) is 4.79 Å². The molecule has 6 heteroatoms. The fourth-order valence-corrected chi connectivity index (χ4v) is 2.54. The van der Waals surface area contributed by atoms with Crippen LogP contribution in [0, 0.1) is 0 Å². The second-order valence-corrected chi connectivity index (χ2v) is 6.10. The van der Waals surface area contributed by atoms with Gasteiger partial charge in [0.1, 0.15) is 5.75 Å². The highest BCUT2D eigenvalue weighted by Gasteiger charge is 2.13. The van der Waals surface area contributed by atoms with Crippen LogP contribution in [0.3, 0.4) is 0 Å². The molecule has 1 amide bonds. The monoisotopic (exact) mass is 417 g/mol. The molecule has 0 aliphatic carbocycles. The number of amides is 1. The molecule has 0 heterocycles. The fourth-order valence-electron chi connectivity index (χ4n) is 1.59. The summed E-state index contributed by atoms with van der Waals surface area (Å²) < 4.78 is 6.64. The van der Waals surface area contributed by atoms with E-state index in [1.807, 2.05) is 0 Å². The number of halogens is 3. The molecule has 0 spiro atoms. The summed E-state index contributed by atoms with van der Waals surface area (Å²) >= 11 is 12.7. The van der Waals surface area contributed by atoms with Crippen LogP contribution in [-0.4, -0.2) is 13.0 Å². The van der Waals surface area contributed by atoms with Crippen molar-refractivity contribution in [2.75, 3.05) is 12.4 Å². The molecule has 0 atom stereocenters. The molecular formula is C14H10Br2ClNO2. The lowest BCUT2D eigenvalue weighted by molar-refractivity contribution is 0.102. The Balaban J connectivity index is 2.30. The number of carbonyl (C=O) groups excluding carboxylic acids is 1. The van der Waals surface area contributed by atoms with Gasteiger partial charge >= 0.3 is 0 Å². The van der Waals surface area contributed by atoms with Crippen LogP contribution in [0.5, 0.6) is 5.75 Å². The van der Waals surface area contributed by atoms with Gasteiger partial charge in [-0.25, -0.2) is 0 Å². The number of methoxy groups -OCH3 is 1. The van der Waals surface area contributed by atoms with Crippen LogP contribution in [-0.2, 0) is 0 Å². The largest absolute Gasteiger partial charge is 0.497 e. The minimum absolute atomic E-state index is 0.268. The molecular weight excluding hydrogens is 409 g/mol. The van der Waals surface area contributed by atoms with Crippen molar-refractivity contribution in [3.8, 4) is 5.75 Å². The van der Waals surface area contributed by atoms with Gasteiger partial charge in [0.2, 0.25) is 0 Å². The zero-order valence-electron chi connectivity index (χ0n) is 10.4. The lowest BCUT2D eigenvalue weighted by atomic mass is 10.2. The van der Waals surface area contributed by atoms with Crippen LogP contribution in [0.15, 0.2) is 45.3 Å². The first kappa shape index (κ1) is 15.4. The Bertz CT molecular complexity index is 662. The standard InChI is InChI=1S/C14H10Br2ClNO2/c1-20-9-3-4-11(16)10(7-9)14(19)18-13-6-8(15)2-5-12(13)17/h2-7H,1H3,(H,18,19). The number of anilines is 1. The van der Waals surface area contributed by atoms with Crippen molar-refractivity contribution in [3.63, 3.8) is 0 Å². The van der Waals surface area contributed by atoms with Crippen LogP contribution in [0.4, 0.5) is 5.69 Å². The van der Waals surface area contributed by atoms with E-state index in [1.165, 1.54) is 0 Å². The number of carbonyl (C=O) groups is 1. The molecule has 0 unspecified atom stereocenters. The predicted octanol–water partition coefficient (Wildman–Crippen LogP) is 5.13. The van der Waals surface area contributed by atoms with Crippen LogP contribution in [0.1, 0.15) is 10.4 Å². The van der Waals surface area contributed by atoms with Gasteiger partial charge in [0.05, 0.1) is 23.4 Å². The van der Waals surface area contributed by atoms with E-state index in [0.717, 1.165) is 4.47 Å². The third kappa shape index (κ3) is 3.53. The van der Waals surface area contributed by atoms with E-state index in [4.69, 9.17) is 16.3 Å². The molecule has 2 aromatic carbocycles. The molecule has 0 aliphatic rings. The predicted molar refractivity (Wildman–Crippen MR) is 87.8 cm³/mol. The summed E-state index contributed by atoms with van der Waals surface area (Å²) in [6.07, 6.45) is 0. The van der Waals surface area contributed by atoms with Gasteiger partial charge in [0.15, 0.2) is 0 Å². The minimum Gasteiger partial charge on any atom is -0.497 e. The molecule has 3 nitrogen and oxygen atoms in total. The Kier molecular flexibility index (Phi) is 5.07. The van der Waals surface area contributed by atoms with E-state index in [2.05, 4.69) is 37.2 Å². The third-order valence-electron chi connectivity index (χ3n) is 2.59. The maximum Gasteiger partial charge on any atom is 0.256 e. The van der Waals surface area contributed by atoms with Crippen molar-refractivity contribution in [1.29, 1.82) is 0 Å². The Morgan fingerprint density at radius 2 is 1.95 bits per heavy atom. The number of hydrogen-bond acceptors (Lipinski definition) is 2. The zero-order valence-corrected chi connectivity index (χ0v) is 14.3. The zero-order chi connectivity index (χ0) is 14.7. The highest BCUT2D eigenvalue weighted by molar-refractivity contribution is 9.10. The number of hydrogen-bond donors (Lipinski definition) is 1. The fraction of sp³-hybridized carbons (Fsp3) is 0.0714. The molecule has 0 radical (unpaired) electrons. The third-order valence-corrected chi connectivity index (χ3v) is 4.11. The molecule has 0 bridgehead atoms. The summed E-state index contributed by atoms with van der Waals surface area (Å²) in [5.41, 5.74) is 1.01. The summed E-state index contributed by atoms with van der Waals surface area (Å²) in [5.74, 6) is 0.342. The maximum absolute atomic E-state index is 12.3. The van der Waals surface area contributed by atoms with E-state index in [1.54, 1.807) is 43.5 Å². The summed E-state index contributed by atoms with van der Waals surface area (Å²) in [4.78, 5) is 12.3. The van der Waals surface area contributed by atoms with Crippen molar-refractivity contribution < 1.29 is 9.53 Å². The van der Waals surface area contributed by atoms with Crippen molar-refractivity contribution in [2.45, 2.75) is 0 Å². The summed E-state index contributed by atoms with van der Waals surface area (Å²) in [6.45, 7) is 0. The number of benzene rings is 2. The molecule has 104 valence electrons. The van der Waals surface area contributed by atoms with Gasteiger partial charge in [-0.05, 0) is 52.3 Å². The molecule has 1 N–H and O–H groups in total. The molecule has 0 fully saturated rings. The van der Waals surface area contributed by atoms with Gasteiger partial charge in [0.25, 0.3) is 5.91 Å². The van der Waals surface area contributed by atoms with Crippen LogP contribution < -0.4 is 10.1 Å². The number of ether oxygens (including phenoxy) is 1. The summed E-state index contributed by atoms with van der Waals surface area (Å²) in [7, 11) is 1.55. The Labute approximate surface area is 138 Å². The second kappa shape index (κ2) is 6.61. The number of nitrogens with one attached hydrogen (secondary N) is 1. The lowest BCUT2D eigenvalue weighted by Crippen LogP contribution is -2.13. The molecule has 20 heavy (non-hydrogen) atoms. The van der Waals surface area contributed by atoms with Gasteiger partial charge < -0.3 is 10.1 Å². The SMILES string of the molecule is COc1ccc(Br)c(C(=O)Nc2cc(Br)ccc2Cl)c1. The molecule has 0 saturated heterocycles. The van der Waals surface area contributed by atoms with Crippen LogP contribution >= 0.6 is 43.5 Å². The van der Waals surface area contributed by atoms with Crippen LogP contribution in [0.2, 0.25) is 5.02 Å². The molecule has 2 rings (SSSR count). The van der Waals surface area contributed by atoms with E-state index >= 15 is 0 Å². The molecule has 0 aromatic heterocycles. The van der Waals surface area contributed by atoms with E-state index in [0.29, 0.717) is 26.5 Å². The second-order valence-electron chi connectivity index (χ2n) is 3.92. The normalized spacial score (nSPS) is 10.2. The van der Waals surface area contributed by atoms with E-state index < -0.39 is 0 Å². The lowest BCUT2D eigenvalue weighted by Gasteiger charge is -2.10. The van der Waals surface area contributed by atoms with Gasteiger partial charge in [-0.15, -0.1) is 0 Å². The van der Waals surface area contributed by atoms with E-state index in [-0.39, 0.29) is 5.91 Å². The molecule has 0 saturated carbocycles.